The summed E-state index contributed by atoms with van der Waals surface area (Å²) in [6.45, 7) is 2.14. The number of benzene rings is 8. The summed E-state index contributed by atoms with van der Waals surface area (Å²) in [5.41, 5.74) is 13.5. The lowest BCUT2D eigenvalue weighted by atomic mass is 9.94. The molecule has 0 aliphatic heterocycles. The lowest BCUT2D eigenvalue weighted by Gasteiger charge is -2.26. The van der Waals surface area contributed by atoms with E-state index in [0.29, 0.717) is 0 Å². The Hall–Kier alpha value is -6.64. The van der Waals surface area contributed by atoms with Gasteiger partial charge in [-0.15, -0.1) is 0 Å². The summed E-state index contributed by atoms with van der Waals surface area (Å²) < 4.78 is 6.42. The van der Waals surface area contributed by atoms with Crippen LogP contribution in [-0.2, 0) is 0 Å². The number of fused-ring (bicyclic) bond motifs is 2. The van der Waals surface area contributed by atoms with E-state index in [2.05, 4.69) is 194 Å². The van der Waals surface area contributed by atoms with Crippen molar-refractivity contribution < 1.29 is 4.42 Å². The molecule has 51 heavy (non-hydrogen) atoms. The molecule has 0 saturated carbocycles. The predicted octanol–water partition coefficient (Wildman–Crippen LogP) is 14.0. The molecule has 0 aliphatic carbocycles. The maximum absolute atomic E-state index is 6.42. The Morgan fingerprint density at radius 3 is 1.67 bits per heavy atom. The minimum Gasteiger partial charge on any atom is -0.456 e. The van der Waals surface area contributed by atoms with Crippen molar-refractivity contribution >= 4 is 38.8 Å². The molecule has 242 valence electrons. The van der Waals surface area contributed by atoms with Crippen LogP contribution in [0.4, 0.5) is 17.1 Å². The number of hydrogen-bond acceptors (Lipinski definition) is 2. The van der Waals surface area contributed by atoms with Crippen molar-refractivity contribution in [3.8, 4) is 44.7 Å². The van der Waals surface area contributed by atoms with Gasteiger partial charge < -0.3 is 9.32 Å². The summed E-state index contributed by atoms with van der Waals surface area (Å²) in [6, 6.07) is 69.2. The molecule has 1 heterocycles. The van der Waals surface area contributed by atoms with Crippen LogP contribution in [0.5, 0.6) is 0 Å². The van der Waals surface area contributed by atoms with Crippen LogP contribution >= 0.6 is 0 Å². The number of para-hydroxylation sites is 1. The standard InChI is InChI=1S/C49H35NO/c1-34-45-18-9-10-21-48(45)51-49(34)41-16-11-17-44(33-41)50(42-28-24-36(25-29-42)40-23-22-35-12-5-6-15-39(35)32-40)43-30-26-38(27-31-43)47-20-8-7-19-46(47)37-13-3-2-4-14-37/h2-33H,1H3. The van der Waals surface area contributed by atoms with Crippen LogP contribution in [0.25, 0.3) is 66.4 Å². The van der Waals surface area contributed by atoms with E-state index in [1.807, 2.05) is 12.1 Å². The molecule has 9 aromatic rings. The molecule has 0 saturated heterocycles. The molecule has 0 atom stereocenters. The SMILES string of the molecule is Cc1c(-c2cccc(N(c3ccc(-c4ccc5ccccc5c4)cc3)c3ccc(-c4ccccc4-c4ccccc4)cc3)c2)oc2ccccc12. The minimum atomic E-state index is 0.900. The van der Waals surface area contributed by atoms with Gasteiger partial charge in [0.05, 0.1) is 0 Å². The largest absolute Gasteiger partial charge is 0.456 e. The predicted molar refractivity (Wildman–Crippen MR) is 215 cm³/mol. The van der Waals surface area contributed by atoms with Gasteiger partial charge in [0.2, 0.25) is 0 Å². The van der Waals surface area contributed by atoms with E-state index in [4.69, 9.17) is 4.42 Å². The van der Waals surface area contributed by atoms with Crippen LogP contribution in [0, 0.1) is 6.92 Å². The van der Waals surface area contributed by atoms with Gasteiger partial charge in [-0.2, -0.15) is 0 Å². The van der Waals surface area contributed by atoms with Crippen molar-refractivity contribution in [2.75, 3.05) is 4.90 Å². The normalized spacial score (nSPS) is 11.2. The zero-order chi connectivity index (χ0) is 34.1. The van der Waals surface area contributed by atoms with Crippen LogP contribution in [0.2, 0.25) is 0 Å². The first-order chi connectivity index (χ1) is 25.2. The Morgan fingerprint density at radius 2 is 0.941 bits per heavy atom. The Labute approximate surface area is 298 Å². The van der Waals surface area contributed by atoms with Crippen LogP contribution in [0.15, 0.2) is 199 Å². The minimum absolute atomic E-state index is 0.900. The summed E-state index contributed by atoms with van der Waals surface area (Å²) in [5.74, 6) is 0.900. The van der Waals surface area contributed by atoms with Gasteiger partial charge >= 0.3 is 0 Å². The van der Waals surface area contributed by atoms with Crippen LogP contribution in [0.3, 0.4) is 0 Å². The fourth-order valence-electron chi connectivity index (χ4n) is 7.25. The number of nitrogens with zero attached hydrogens (tertiary/aromatic N) is 1. The van der Waals surface area contributed by atoms with E-state index in [-0.39, 0.29) is 0 Å². The molecule has 0 aliphatic rings. The molecule has 2 nitrogen and oxygen atoms in total. The number of rotatable bonds is 7. The molecule has 0 N–H and O–H groups in total. The van der Waals surface area contributed by atoms with Crippen LogP contribution in [-0.4, -0.2) is 0 Å². The van der Waals surface area contributed by atoms with Crippen LogP contribution < -0.4 is 4.90 Å². The monoisotopic (exact) mass is 653 g/mol. The number of hydrogen-bond donors (Lipinski definition) is 0. The Morgan fingerprint density at radius 1 is 0.373 bits per heavy atom. The van der Waals surface area contributed by atoms with Crippen molar-refractivity contribution in [2.45, 2.75) is 6.92 Å². The van der Waals surface area contributed by atoms with E-state index in [1.165, 1.54) is 44.2 Å². The van der Waals surface area contributed by atoms with E-state index in [9.17, 15) is 0 Å². The molecule has 0 fully saturated rings. The van der Waals surface area contributed by atoms with Crippen molar-refractivity contribution in [1.82, 2.24) is 0 Å². The molecule has 0 bridgehead atoms. The van der Waals surface area contributed by atoms with Crippen molar-refractivity contribution in [3.63, 3.8) is 0 Å². The zero-order valence-electron chi connectivity index (χ0n) is 28.3. The van der Waals surface area contributed by atoms with Gasteiger partial charge in [-0.1, -0.05) is 146 Å². The summed E-state index contributed by atoms with van der Waals surface area (Å²) in [5, 5.41) is 3.64. The van der Waals surface area contributed by atoms with Crippen molar-refractivity contribution in [3.05, 3.63) is 200 Å². The maximum Gasteiger partial charge on any atom is 0.138 e. The first-order valence-electron chi connectivity index (χ1n) is 17.4. The summed E-state index contributed by atoms with van der Waals surface area (Å²) in [7, 11) is 0. The van der Waals surface area contributed by atoms with Crippen molar-refractivity contribution in [2.24, 2.45) is 0 Å². The lowest BCUT2D eigenvalue weighted by molar-refractivity contribution is 0.629. The molecular formula is C49H35NO. The fourth-order valence-corrected chi connectivity index (χ4v) is 7.25. The molecule has 0 radical (unpaired) electrons. The zero-order valence-corrected chi connectivity index (χ0v) is 28.3. The summed E-state index contributed by atoms with van der Waals surface area (Å²) in [6.07, 6.45) is 0. The number of aryl methyl sites for hydroxylation is 1. The second-order valence-electron chi connectivity index (χ2n) is 13.0. The number of furan rings is 1. The molecular weight excluding hydrogens is 619 g/mol. The van der Waals surface area contributed by atoms with Crippen LogP contribution in [0.1, 0.15) is 5.56 Å². The second-order valence-corrected chi connectivity index (χ2v) is 13.0. The van der Waals surface area contributed by atoms with E-state index >= 15 is 0 Å². The second kappa shape index (κ2) is 13.0. The quantitative estimate of drug-likeness (QED) is 0.170. The smallest absolute Gasteiger partial charge is 0.138 e. The van der Waals surface area contributed by atoms with Gasteiger partial charge in [-0.3, -0.25) is 0 Å². The highest BCUT2D eigenvalue weighted by atomic mass is 16.3. The van der Waals surface area contributed by atoms with E-state index in [0.717, 1.165) is 44.9 Å². The molecule has 8 aromatic carbocycles. The lowest BCUT2D eigenvalue weighted by Crippen LogP contribution is -2.10. The van der Waals surface area contributed by atoms with Gasteiger partial charge in [0.15, 0.2) is 0 Å². The average Bonchev–Trinajstić information content (AvgIpc) is 3.55. The average molecular weight is 654 g/mol. The van der Waals surface area contributed by atoms with Gasteiger partial charge in [0, 0.05) is 33.6 Å². The third-order valence-corrected chi connectivity index (χ3v) is 9.87. The fraction of sp³-hybridized carbons (Fsp3) is 0.0204. The van der Waals surface area contributed by atoms with E-state index < -0.39 is 0 Å². The summed E-state index contributed by atoms with van der Waals surface area (Å²) in [4.78, 5) is 2.33. The van der Waals surface area contributed by atoms with Gasteiger partial charge in [-0.05, 0) is 99.6 Å². The maximum atomic E-state index is 6.42. The van der Waals surface area contributed by atoms with Crippen molar-refractivity contribution in [1.29, 1.82) is 0 Å². The van der Waals surface area contributed by atoms with Gasteiger partial charge in [0.25, 0.3) is 0 Å². The van der Waals surface area contributed by atoms with E-state index in [1.54, 1.807) is 0 Å². The first-order valence-corrected chi connectivity index (χ1v) is 17.4. The summed E-state index contributed by atoms with van der Waals surface area (Å²) >= 11 is 0. The van der Waals surface area contributed by atoms with Gasteiger partial charge in [0.1, 0.15) is 11.3 Å². The Kier molecular flexibility index (Phi) is 7.75. The molecule has 2 heteroatoms. The molecule has 0 unspecified atom stereocenters. The topological polar surface area (TPSA) is 16.4 Å². The molecule has 0 amide bonds. The third kappa shape index (κ3) is 5.77. The third-order valence-electron chi connectivity index (χ3n) is 9.87. The number of anilines is 3. The molecule has 1 aromatic heterocycles. The Bertz CT molecular complexity index is 2630. The highest BCUT2D eigenvalue weighted by molar-refractivity contribution is 5.91. The Balaban J connectivity index is 1.13. The first kappa shape index (κ1) is 30.4. The highest BCUT2D eigenvalue weighted by Crippen LogP contribution is 2.41. The highest BCUT2D eigenvalue weighted by Gasteiger charge is 2.18. The molecule has 9 rings (SSSR count). The van der Waals surface area contributed by atoms with Gasteiger partial charge in [-0.25, -0.2) is 0 Å². The molecule has 0 spiro atoms.